The van der Waals surface area contributed by atoms with Gasteiger partial charge < -0.3 is 5.11 Å². The largest absolute Gasteiger partial charge is 0.478 e. The van der Waals surface area contributed by atoms with Crippen molar-refractivity contribution in [1.29, 1.82) is 0 Å². The summed E-state index contributed by atoms with van der Waals surface area (Å²) in [5.74, 6) is -0.891. The van der Waals surface area contributed by atoms with Gasteiger partial charge in [-0.15, -0.1) is 0 Å². The highest BCUT2D eigenvalue weighted by Crippen LogP contribution is 2.20. The average Bonchev–Trinajstić information content (AvgIpc) is 2.16. The Morgan fingerprint density at radius 2 is 1.71 bits per heavy atom. The molecule has 1 N–H and O–H groups in total. The first-order valence-corrected chi connectivity index (χ1v) is 4.57. The van der Waals surface area contributed by atoms with E-state index in [-0.39, 0.29) is 0 Å². The fourth-order valence-electron chi connectivity index (χ4n) is 1.08. The highest BCUT2D eigenvalue weighted by Gasteiger charge is 2.06. The van der Waals surface area contributed by atoms with Crippen LogP contribution in [0.15, 0.2) is 29.8 Å². The number of carboxylic acid groups (broad SMARTS) is 1. The van der Waals surface area contributed by atoms with Crippen LogP contribution in [0.3, 0.4) is 0 Å². The van der Waals surface area contributed by atoms with Crippen LogP contribution in [-0.2, 0) is 4.79 Å². The summed E-state index contributed by atoms with van der Waals surface area (Å²) in [5.41, 5.74) is 2.00. The average molecular weight is 211 g/mol. The van der Waals surface area contributed by atoms with Gasteiger partial charge in [0.25, 0.3) is 0 Å². The molecule has 0 aliphatic carbocycles. The molecule has 1 aromatic rings. The minimum absolute atomic E-state index is 0.354. The molecule has 0 bridgehead atoms. The van der Waals surface area contributed by atoms with Crippen LogP contribution in [0.5, 0.6) is 0 Å². The maximum Gasteiger partial charge on any atom is 0.331 e. The smallest absolute Gasteiger partial charge is 0.331 e. The molecule has 0 aromatic heterocycles. The van der Waals surface area contributed by atoms with Gasteiger partial charge in [-0.2, -0.15) is 0 Å². The molecule has 0 atom stereocenters. The van der Waals surface area contributed by atoms with Crippen molar-refractivity contribution >= 4 is 23.1 Å². The Hall–Kier alpha value is -1.28. The van der Waals surface area contributed by atoms with Crippen LogP contribution < -0.4 is 0 Å². The highest BCUT2D eigenvalue weighted by atomic mass is 35.5. The molecular formula is C11H11ClO2. The Morgan fingerprint density at radius 1 is 1.21 bits per heavy atom. The Bertz CT molecular complexity index is 377. The zero-order chi connectivity index (χ0) is 10.7. The van der Waals surface area contributed by atoms with Crippen LogP contribution in [0.25, 0.3) is 5.57 Å². The van der Waals surface area contributed by atoms with Crippen molar-refractivity contribution in [1.82, 2.24) is 0 Å². The quantitative estimate of drug-likeness (QED) is 0.761. The normalized spacial score (nSPS) is 12.2. The fourth-order valence-corrected chi connectivity index (χ4v) is 1.20. The second-order valence-corrected chi connectivity index (χ2v) is 3.50. The van der Waals surface area contributed by atoms with Gasteiger partial charge >= 0.3 is 5.97 Å². The molecule has 0 saturated carbocycles. The number of hydrogen-bond acceptors (Lipinski definition) is 1. The number of hydrogen-bond donors (Lipinski definition) is 1. The zero-order valence-electron chi connectivity index (χ0n) is 8.04. The van der Waals surface area contributed by atoms with Crippen LogP contribution in [0.4, 0.5) is 0 Å². The highest BCUT2D eigenvalue weighted by molar-refractivity contribution is 6.30. The molecule has 0 spiro atoms. The van der Waals surface area contributed by atoms with Crippen molar-refractivity contribution in [2.24, 2.45) is 0 Å². The summed E-state index contributed by atoms with van der Waals surface area (Å²) < 4.78 is 0. The van der Waals surface area contributed by atoms with Crippen molar-refractivity contribution in [2.75, 3.05) is 0 Å². The molecule has 0 saturated heterocycles. The Labute approximate surface area is 87.8 Å². The van der Waals surface area contributed by atoms with Crippen LogP contribution in [0, 0.1) is 0 Å². The van der Waals surface area contributed by atoms with Gasteiger partial charge in [-0.1, -0.05) is 23.7 Å². The van der Waals surface area contributed by atoms with E-state index in [0.29, 0.717) is 10.6 Å². The summed E-state index contributed by atoms with van der Waals surface area (Å²) in [6, 6.07) is 7.11. The van der Waals surface area contributed by atoms with Crippen LogP contribution >= 0.6 is 11.6 Å². The first kappa shape index (κ1) is 10.8. The maximum atomic E-state index is 10.7. The van der Waals surface area contributed by atoms with Crippen molar-refractivity contribution in [3.63, 3.8) is 0 Å². The van der Waals surface area contributed by atoms with E-state index in [9.17, 15) is 4.79 Å². The van der Waals surface area contributed by atoms with E-state index in [1.165, 1.54) is 0 Å². The lowest BCUT2D eigenvalue weighted by Gasteiger charge is -2.04. The van der Waals surface area contributed by atoms with Crippen LogP contribution in [0.2, 0.25) is 5.02 Å². The Kier molecular flexibility index (Phi) is 3.31. The Balaban J connectivity index is 3.12. The third-order valence-electron chi connectivity index (χ3n) is 2.16. The van der Waals surface area contributed by atoms with Crippen molar-refractivity contribution < 1.29 is 9.90 Å². The molecule has 74 valence electrons. The van der Waals surface area contributed by atoms with Gasteiger partial charge in [0.15, 0.2) is 0 Å². The number of rotatable bonds is 2. The molecule has 0 fully saturated rings. The van der Waals surface area contributed by atoms with E-state index in [2.05, 4.69) is 0 Å². The summed E-state index contributed by atoms with van der Waals surface area (Å²) in [7, 11) is 0. The number of carboxylic acids is 1. The van der Waals surface area contributed by atoms with Gasteiger partial charge in [-0.05, 0) is 37.1 Å². The first-order valence-electron chi connectivity index (χ1n) is 4.19. The van der Waals surface area contributed by atoms with Gasteiger partial charge in [0.2, 0.25) is 0 Å². The van der Waals surface area contributed by atoms with Gasteiger partial charge in [0, 0.05) is 10.6 Å². The SMILES string of the molecule is CC(C(=O)O)=C(C)c1ccc(Cl)cc1. The number of carbonyl (C=O) groups is 1. The van der Waals surface area contributed by atoms with E-state index in [1.807, 2.05) is 12.1 Å². The Morgan fingerprint density at radius 3 is 2.14 bits per heavy atom. The monoisotopic (exact) mass is 210 g/mol. The zero-order valence-corrected chi connectivity index (χ0v) is 8.80. The second-order valence-electron chi connectivity index (χ2n) is 3.06. The lowest BCUT2D eigenvalue weighted by atomic mass is 10.0. The molecule has 2 nitrogen and oxygen atoms in total. The molecule has 14 heavy (non-hydrogen) atoms. The van der Waals surface area contributed by atoms with E-state index < -0.39 is 5.97 Å². The number of benzene rings is 1. The first-order chi connectivity index (χ1) is 6.52. The second kappa shape index (κ2) is 4.29. The van der Waals surface area contributed by atoms with E-state index >= 15 is 0 Å². The summed E-state index contributed by atoms with van der Waals surface area (Å²) >= 11 is 5.73. The minimum atomic E-state index is -0.891. The molecule has 0 amide bonds. The van der Waals surface area contributed by atoms with E-state index in [1.54, 1.807) is 26.0 Å². The number of allylic oxidation sites excluding steroid dienone is 1. The number of aliphatic carboxylic acids is 1. The summed E-state index contributed by atoms with van der Waals surface area (Å²) in [6.45, 7) is 3.37. The molecule has 3 heteroatoms. The molecule has 1 aromatic carbocycles. The lowest BCUT2D eigenvalue weighted by molar-refractivity contribution is -0.132. The fraction of sp³-hybridized carbons (Fsp3) is 0.182. The third kappa shape index (κ3) is 2.36. The molecule has 0 unspecified atom stereocenters. The molecular weight excluding hydrogens is 200 g/mol. The van der Waals surface area contributed by atoms with Gasteiger partial charge in [0.05, 0.1) is 0 Å². The molecule has 0 radical (unpaired) electrons. The lowest BCUT2D eigenvalue weighted by Crippen LogP contribution is -1.98. The summed E-state index contributed by atoms with van der Waals surface area (Å²) in [5, 5.41) is 9.43. The molecule has 0 aliphatic heterocycles. The van der Waals surface area contributed by atoms with Crippen LogP contribution in [0.1, 0.15) is 19.4 Å². The van der Waals surface area contributed by atoms with Gasteiger partial charge in [-0.25, -0.2) is 4.79 Å². The maximum absolute atomic E-state index is 10.7. The van der Waals surface area contributed by atoms with Crippen molar-refractivity contribution in [3.8, 4) is 0 Å². The minimum Gasteiger partial charge on any atom is -0.478 e. The topological polar surface area (TPSA) is 37.3 Å². The van der Waals surface area contributed by atoms with Gasteiger partial charge in [0.1, 0.15) is 0 Å². The predicted octanol–water partition coefficient (Wildman–Crippen LogP) is 3.22. The number of halogens is 1. The van der Waals surface area contributed by atoms with E-state index in [0.717, 1.165) is 11.1 Å². The van der Waals surface area contributed by atoms with Crippen molar-refractivity contribution in [3.05, 3.63) is 40.4 Å². The molecule has 0 aliphatic rings. The summed E-state index contributed by atoms with van der Waals surface area (Å²) in [4.78, 5) is 10.7. The summed E-state index contributed by atoms with van der Waals surface area (Å²) in [6.07, 6.45) is 0. The molecule has 0 heterocycles. The standard InChI is InChI=1S/C11H11ClO2/c1-7(8(2)11(13)14)9-3-5-10(12)6-4-9/h3-6H,1-2H3,(H,13,14). The molecule has 1 rings (SSSR count). The van der Waals surface area contributed by atoms with Crippen LogP contribution in [-0.4, -0.2) is 11.1 Å². The third-order valence-corrected chi connectivity index (χ3v) is 2.41. The van der Waals surface area contributed by atoms with E-state index in [4.69, 9.17) is 16.7 Å². The van der Waals surface area contributed by atoms with Gasteiger partial charge in [-0.3, -0.25) is 0 Å². The van der Waals surface area contributed by atoms with Crippen molar-refractivity contribution in [2.45, 2.75) is 13.8 Å². The predicted molar refractivity (Wildman–Crippen MR) is 57.4 cm³/mol.